The van der Waals surface area contributed by atoms with Crippen molar-refractivity contribution < 1.29 is 18.7 Å². The number of hydrogen-bond acceptors (Lipinski definition) is 4. The van der Waals surface area contributed by atoms with Gasteiger partial charge in [-0.15, -0.1) is 0 Å². The number of carbonyl (C=O) groups excluding carboxylic acids is 1. The first-order valence-electron chi connectivity index (χ1n) is 7.03. The second-order valence-corrected chi connectivity index (χ2v) is 5.09. The zero-order valence-electron chi connectivity index (χ0n) is 13.6. The van der Waals surface area contributed by atoms with Crippen LogP contribution < -0.4 is 14.8 Å². The van der Waals surface area contributed by atoms with Crippen molar-refractivity contribution in [3.05, 3.63) is 46.4 Å². The highest BCUT2D eigenvalue weighted by atomic mass is 16.5. The molecule has 118 valence electrons. The first-order valence-corrected chi connectivity index (χ1v) is 7.03. The Labute approximate surface area is 130 Å². The maximum atomic E-state index is 12.3. The summed E-state index contributed by atoms with van der Waals surface area (Å²) in [4.78, 5) is 12.3. The molecule has 2 rings (SSSR count). The lowest BCUT2D eigenvalue weighted by Crippen LogP contribution is -2.23. The van der Waals surface area contributed by atoms with Gasteiger partial charge in [0.15, 0.2) is 11.5 Å². The third kappa shape index (κ3) is 3.08. The molecule has 22 heavy (non-hydrogen) atoms. The standard InChI is InChI=1S/C17H21NO4/c1-10-11(2)22-12(3)16(10)17(19)18-9-13-6-7-14(20-4)15(8-13)21-5/h6-8H,9H2,1-5H3,(H,18,19). The molecule has 0 atom stereocenters. The number of rotatable bonds is 5. The number of hydrogen-bond donors (Lipinski definition) is 1. The quantitative estimate of drug-likeness (QED) is 0.921. The number of amides is 1. The van der Waals surface area contributed by atoms with Gasteiger partial charge in [-0.1, -0.05) is 6.07 Å². The summed E-state index contributed by atoms with van der Waals surface area (Å²) in [5, 5.41) is 2.90. The van der Waals surface area contributed by atoms with Crippen LogP contribution in [0.1, 0.15) is 33.0 Å². The zero-order valence-corrected chi connectivity index (χ0v) is 13.6. The molecule has 0 fully saturated rings. The Bertz CT molecular complexity index is 688. The van der Waals surface area contributed by atoms with E-state index in [1.54, 1.807) is 21.1 Å². The number of benzene rings is 1. The van der Waals surface area contributed by atoms with Crippen LogP contribution in [0.15, 0.2) is 22.6 Å². The van der Waals surface area contributed by atoms with E-state index in [1.165, 1.54) is 0 Å². The van der Waals surface area contributed by atoms with E-state index in [2.05, 4.69) is 5.32 Å². The van der Waals surface area contributed by atoms with Crippen LogP contribution in [0, 0.1) is 20.8 Å². The van der Waals surface area contributed by atoms with Gasteiger partial charge in [-0.25, -0.2) is 0 Å². The normalized spacial score (nSPS) is 10.4. The molecule has 0 saturated heterocycles. The lowest BCUT2D eigenvalue weighted by atomic mass is 10.1. The van der Waals surface area contributed by atoms with E-state index < -0.39 is 0 Å². The second-order valence-electron chi connectivity index (χ2n) is 5.09. The Hall–Kier alpha value is -2.43. The highest BCUT2D eigenvalue weighted by molar-refractivity contribution is 5.96. The molecular formula is C17H21NO4. The third-order valence-electron chi connectivity index (χ3n) is 3.69. The number of aryl methyl sites for hydroxylation is 2. The van der Waals surface area contributed by atoms with Crippen molar-refractivity contribution in [3.8, 4) is 11.5 Å². The predicted molar refractivity (Wildman–Crippen MR) is 83.6 cm³/mol. The molecule has 0 bridgehead atoms. The molecule has 0 aliphatic rings. The van der Waals surface area contributed by atoms with Crippen molar-refractivity contribution >= 4 is 5.91 Å². The minimum absolute atomic E-state index is 0.137. The Morgan fingerprint density at radius 1 is 1.09 bits per heavy atom. The van der Waals surface area contributed by atoms with E-state index in [9.17, 15) is 4.79 Å². The zero-order chi connectivity index (χ0) is 16.3. The Morgan fingerprint density at radius 2 is 1.77 bits per heavy atom. The van der Waals surface area contributed by atoms with Gasteiger partial charge in [-0.3, -0.25) is 4.79 Å². The highest BCUT2D eigenvalue weighted by Crippen LogP contribution is 2.27. The maximum Gasteiger partial charge on any atom is 0.255 e. The van der Waals surface area contributed by atoms with Crippen LogP contribution in [0.25, 0.3) is 0 Å². The molecule has 5 heteroatoms. The Kier molecular flexibility index (Phi) is 4.75. The molecule has 1 N–H and O–H groups in total. The van der Waals surface area contributed by atoms with Crippen molar-refractivity contribution in [2.45, 2.75) is 27.3 Å². The molecule has 1 aromatic carbocycles. The van der Waals surface area contributed by atoms with Crippen LogP contribution in [0.3, 0.4) is 0 Å². The first-order chi connectivity index (χ1) is 10.5. The van der Waals surface area contributed by atoms with Crippen molar-refractivity contribution in [2.24, 2.45) is 0 Å². The molecule has 0 aliphatic carbocycles. The van der Waals surface area contributed by atoms with Crippen LogP contribution in [-0.2, 0) is 6.54 Å². The molecule has 0 aliphatic heterocycles. The number of nitrogens with one attached hydrogen (secondary N) is 1. The molecule has 1 amide bonds. The van der Waals surface area contributed by atoms with E-state index in [0.717, 1.165) is 16.9 Å². The van der Waals surface area contributed by atoms with E-state index in [1.807, 2.05) is 32.0 Å². The number of ether oxygens (including phenoxy) is 2. The summed E-state index contributed by atoms with van der Waals surface area (Å²) in [6, 6.07) is 5.56. The van der Waals surface area contributed by atoms with Crippen molar-refractivity contribution in [3.63, 3.8) is 0 Å². The summed E-state index contributed by atoms with van der Waals surface area (Å²) in [7, 11) is 3.17. The molecule has 0 radical (unpaired) electrons. The van der Waals surface area contributed by atoms with Gasteiger partial charge in [-0.2, -0.15) is 0 Å². The maximum absolute atomic E-state index is 12.3. The van der Waals surface area contributed by atoms with Crippen LogP contribution in [0.5, 0.6) is 11.5 Å². The van der Waals surface area contributed by atoms with Crippen molar-refractivity contribution in [2.75, 3.05) is 14.2 Å². The van der Waals surface area contributed by atoms with Gasteiger partial charge in [0.05, 0.1) is 19.8 Å². The van der Waals surface area contributed by atoms with Gasteiger partial charge in [0.1, 0.15) is 11.5 Å². The molecule has 0 spiro atoms. The van der Waals surface area contributed by atoms with E-state index in [-0.39, 0.29) is 5.91 Å². The molecule has 2 aromatic rings. The summed E-state index contributed by atoms with van der Waals surface area (Å²) >= 11 is 0. The van der Waals surface area contributed by atoms with Crippen LogP contribution in [0.4, 0.5) is 0 Å². The van der Waals surface area contributed by atoms with Gasteiger partial charge >= 0.3 is 0 Å². The fourth-order valence-electron chi connectivity index (χ4n) is 2.39. The molecule has 5 nitrogen and oxygen atoms in total. The lowest BCUT2D eigenvalue weighted by molar-refractivity contribution is 0.0949. The van der Waals surface area contributed by atoms with Crippen LogP contribution in [-0.4, -0.2) is 20.1 Å². The minimum atomic E-state index is -0.137. The van der Waals surface area contributed by atoms with Gasteiger partial charge in [0, 0.05) is 12.1 Å². The van der Waals surface area contributed by atoms with Gasteiger partial charge in [0.2, 0.25) is 0 Å². The summed E-state index contributed by atoms with van der Waals surface area (Å²) in [5.74, 6) is 2.57. The van der Waals surface area contributed by atoms with Crippen LogP contribution in [0.2, 0.25) is 0 Å². The van der Waals surface area contributed by atoms with E-state index >= 15 is 0 Å². The average Bonchev–Trinajstić information content (AvgIpc) is 2.77. The molecule has 1 aromatic heterocycles. The van der Waals surface area contributed by atoms with Gasteiger partial charge in [0.25, 0.3) is 5.91 Å². The monoisotopic (exact) mass is 303 g/mol. The highest BCUT2D eigenvalue weighted by Gasteiger charge is 2.18. The van der Waals surface area contributed by atoms with Crippen LogP contribution >= 0.6 is 0 Å². The predicted octanol–water partition coefficient (Wildman–Crippen LogP) is 3.15. The van der Waals surface area contributed by atoms with Crippen molar-refractivity contribution in [1.82, 2.24) is 5.32 Å². The fraction of sp³-hybridized carbons (Fsp3) is 0.353. The summed E-state index contributed by atoms with van der Waals surface area (Å²) in [5.41, 5.74) is 2.42. The Balaban J connectivity index is 2.11. The lowest BCUT2D eigenvalue weighted by Gasteiger charge is -2.10. The van der Waals surface area contributed by atoms with Gasteiger partial charge in [-0.05, 0) is 38.5 Å². The first kappa shape index (κ1) is 15.9. The molecule has 1 heterocycles. The topological polar surface area (TPSA) is 60.7 Å². The van der Waals surface area contributed by atoms with E-state index in [0.29, 0.717) is 29.4 Å². The van der Waals surface area contributed by atoms with Crippen molar-refractivity contribution in [1.29, 1.82) is 0 Å². The van der Waals surface area contributed by atoms with Gasteiger partial charge < -0.3 is 19.2 Å². The third-order valence-corrected chi connectivity index (χ3v) is 3.69. The summed E-state index contributed by atoms with van der Waals surface area (Å²) in [6.45, 7) is 5.94. The number of furan rings is 1. The smallest absolute Gasteiger partial charge is 0.255 e. The average molecular weight is 303 g/mol. The minimum Gasteiger partial charge on any atom is -0.493 e. The number of carbonyl (C=O) groups is 1. The summed E-state index contributed by atoms with van der Waals surface area (Å²) in [6.07, 6.45) is 0. The summed E-state index contributed by atoms with van der Waals surface area (Å²) < 4.78 is 15.9. The Morgan fingerprint density at radius 3 is 2.32 bits per heavy atom. The molecule has 0 unspecified atom stereocenters. The number of methoxy groups -OCH3 is 2. The van der Waals surface area contributed by atoms with E-state index in [4.69, 9.17) is 13.9 Å². The molecule has 0 saturated carbocycles. The SMILES string of the molecule is COc1ccc(CNC(=O)c2c(C)oc(C)c2C)cc1OC. The largest absolute Gasteiger partial charge is 0.493 e. The fourth-order valence-corrected chi connectivity index (χ4v) is 2.39. The molecular weight excluding hydrogens is 282 g/mol. The second kappa shape index (κ2) is 6.56.